The Balaban J connectivity index is 1.72. The zero-order valence-corrected chi connectivity index (χ0v) is 13.2. The van der Waals surface area contributed by atoms with Crippen LogP contribution in [0.1, 0.15) is 19.8 Å². The molecule has 3 unspecified atom stereocenters. The van der Waals surface area contributed by atoms with Gasteiger partial charge in [0.25, 0.3) is 0 Å². The van der Waals surface area contributed by atoms with E-state index in [1.807, 2.05) is 4.90 Å². The van der Waals surface area contributed by atoms with E-state index in [4.69, 9.17) is 0 Å². The normalized spacial score (nSPS) is 33.9. The Morgan fingerprint density at radius 3 is 2.76 bits per heavy atom. The van der Waals surface area contributed by atoms with E-state index >= 15 is 0 Å². The summed E-state index contributed by atoms with van der Waals surface area (Å²) in [5, 5.41) is 9.34. The first-order valence-electron chi connectivity index (χ1n) is 7.69. The Morgan fingerprint density at radius 2 is 2.00 bits per heavy atom. The van der Waals surface area contributed by atoms with Crippen molar-refractivity contribution >= 4 is 23.8 Å². The lowest BCUT2D eigenvalue weighted by atomic mass is 10.1. The molecule has 0 spiro atoms. The Morgan fingerprint density at radius 1 is 1.19 bits per heavy atom. The van der Waals surface area contributed by atoms with Crippen LogP contribution >= 0.6 is 11.8 Å². The molecule has 3 aliphatic heterocycles. The smallest absolute Gasteiger partial charge is 0.327 e. The number of carboxylic acid groups (broad SMARTS) is 1. The Bertz CT molecular complexity index is 434. The summed E-state index contributed by atoms with van der Waals surface area (Å²) in [5.74, 6) is 0.439. The molecular weight excluding hydrogens is 290 g/mol. The molecule has 0 radical (unpaired) electrons. The highest BCUT2D eigenvalue weighted by atomic mass is 32.2. The van der Waals surface area contributed by atoms with Gasteiger partial charge in [0.15, 0.2) is 0 Å². The van der Waals surface area contributed by atoms with E-state index in [9.17, 15) is 14.7 Å². The van der Waals surface area contributed by atoms with Crippen LogP contribution < -0.4 is 0 Å². The third-order valence-electron chi connectivity index (χ3n) is 4.84. The van der Waals surface area contributed by atoms with E-state index in [-0.39, 0.29) is 12.1 Å². The topological polar surface area (TPSA) is 64.1 Å². The van der Waals surface area contributed by atoms with Gasteiger partial charge in [0, 0.05) is 43.2 Å². The van der Waals surface area contributed by atoms with Crippen molar-refractivity contribution in [1.82, 2.24) is 14.7 Å². The molecule has 0 aromatic rings. The molecule has 1 N–H and O–H groups in total. The fourth-order valence-corrected chi connectivity index (χ4v) is 4.69. The maximum Gasteiger partial charge on any atom is 0.327 e. The van der Waals surface area contributed by atoms with E-state index in [2.05, 4.69) is 11.8 Å². The van der Waals surface area contributed by atoms with Crippen LogP contribution in [-0.4, -0.2) is 87.6 Å². The number of hydrogen-bond donors (Lipinski definition) is 1. The van der Waals surface area contributed by atoms with E-state index < -0.39 is 12.0 Å². The van der Waals surface area contributed by atoms with Crippen LogP contribution in [0.25, 0.3) is 0 Å². The number of piperazine rings is 1. The van der Waals surface area contributed by atoms with Gasteiger partial charge in [0.05, 0.1) is 0 Å². The number of fused-ring (bicyclic) bond motifs is 1. The highest BCUT2D eigenvalue weighted by Gasteiger charge is 2.41. The minimum absolute atomic E-state index is 0.0817. The average Bonchev–Trinajstić information content (AvgIpc) is 2.92. The summed E-state index contributed by atoms with van der Waals surface area (Å²) in [6.07, 6.45) is 2.35. The van der Waals surface area contributed by atoms with E-state index in [1.165, 1.54) is 6.42 Å². The number of carbonyl (C=O) groups is 2. The van der Waals surface area contributed by atoms with Gasteiger partial charge in [-0.3, -0.25) is 4.90 Å². The molecule has 2 amide bonds. The van der Waals surface area contributed by atoms with Gasteiger partial charge in [-0.1, -0.05) is 0 Å². The molecular formula is C14H23N3O3S. The monoisotopic (exact) mass is 313 g/mol. The van der Waals surface area contributed by atoms with Crippen molar-refractivity contribution in [2.75, 3.05) is 37.7 Å². The van der Waals surface area contributed by atoms with Crippen molar-refractivity contribution in [2.24, 2.45) is 0 Å². The molecule has 7 heteroatoms. The summed E-state index contributed by atoms with van der Waals surface area (Å²) in [6, 6.07) is -0.129. The minimum atomic E-state index is -0.886. The molecule has 0 saturated carbocycles. The quantitative estimate of drug-likeness (QED) is 0.775. The average molecular weight is 313 g/mol. The SMILES string of the molecule is CC1CN2CCCC2CN1C(=O)N1CCSCC1C(=O)O. The van der Waals surface area contributed by atoms with Gasteiger partial charge in [-0.2, -0.15) is 11.8 Å². The number of thioether (sulfide) groups is 1. The zero-order chi connectivity index (χ0) is 15.0. The van der Waals surface area contributed by atoms with Gasteiger partial charge in [-0.05, 0) is 26.3 Å². The van der Waals surface area contributed by atoms with Crippen LogP contribution in [0.4, 0.5) is 4.79 Å². The van der Waals surface area contributed by atoms with Crippen molar-refractivity contribution in [1.29, 1.82) is 0 Å². The lowest BCUT2D eigenvalue weighted by Crippen LogP contribution is -2.62. The third kappa shape index (κ3) is 2.85. The first kappa shape index (κ1) is 15.0. The van der Waals surface area contributed by atoms with Crippen molar-refractivity contribution in [3.8, 4) is 0 Å². The first-order valence-corrected chi connectivity index (χ1v) is 8.85. The van der Waals surface area contributed by atoms with Crippen LogP contribution in [0.3, 0.4) is 0 Å². The molecule has 6 nitrogen and oxygen atoms in total. The fourth-order valence-electron chi connectivity index (χ4n) is 3.66. The second-order valence-electron chi connectivity index (χ2n) is 6.20. The zero-order valence-electron chi connectivity index (χ0n) is 12.4. The lowest BCUT2D eigenvalue weighted by molar-refractivity contribution is -0.141. The molecule has 118 valence electrons. The van der Waals surface area contributed by atoms with Crippen LogP contribution in [0.15, 0.2) is 0 Å². The van der Waals surface area contributed by atoms with Gasteiger partial charge in [0.2, 0.25) is 0 Å². The number of amides is 2. The van der Waals surface area contributed by atoms with Gasteiger partial charge < -0.3 is 14.9 Å². The van der Waals surface area contributed by atoms with Crippen LogP contribution in [0.2, 0.25) is 0 Å². The summed E-state index contributed by atoms with van der Waals surface area (Å²) >= 11 is 1.61. The molecule has 0 aromatic carbocycles. The maximum absolute atomic E-state index is 12.8. The Hall–Kier alpha value is -0.950. The van der Waals surface area contributed by atoms with Crippen LogP contribution in [0.5, 0.6) is 0 Å². The number of carboxylic acids is 1. The Kier molecular flexibility index (Phi) is 4.31. The minimum Gasteiger partial charge on any atom is -0.480 e. The number of urea groups is 1. The highest BCUT2D eigenvalue weighted by molar-refractivity contribution is 7.99. The molecule has 0 aromatic heterocycles. The summed E-state index contributed by atoms with van der Waals surface area (Å²) in [4.78, 5) is 30.1. The van der Waals surface area contributed by atoms with Gasteiger partial charge in [0.1, 0.15) is 6.04 Å². The number of carbonyl (C=O) groups excluding carboxylic acids is 1. The molecule has 3 rings (SSSR count). The summed E-state index contributed by atoms with van der Waals surface area (Å²) in [7, 11) is 0. The molecule has 3 aliphatic rings. The molecule has 3 heterocycles. The van der Waals surface area contributed by atoms with Crippen molar-refractivity contribution < 1.29 is 14.7 Å². The molecule has 3 saturated heterocycles. The van der Waals surface area contributed by atoms with Crippen LogP contribution in [-0.2, 0) is 4.79 Å². The number of nitrogens with zero attached hydrogens (tertiary/aromatic N) is 3. The second-order valence-corrected chi connectivity index (χ2v) is 7.35. The summed E-state index contributed by atoms with van der Waals surface area (Å²) < 4.78 is 0. The largest absolute Gasteiger partial charge is 0.480 e. The van der Waals surface area contributed by atoms with E-state index in [0.29, 0.717) is 18.3 Å². The third-order valence-corrected chi connectivity index (χ3v) is 5.86. The van der Waals surface area contributed by atoms with Crippen molar-refractivity contribution in [3.05, 3.63) is 0 Å². The molecule has 3 fully saturated rings. The van der Waals surface area contributed by atoms with E-state index in [1.54, 1.807) is 16.7 Å². The maximum atomic E-state index is 12.8. The van der Waals surface area contributed by atoms with Crippen molar-refractivity contribution in [3.63, 3.8) is 0 Å². The van der Waals surface area contributed by atoms with Crippen molar-refractivity contribution in [2.45, 2.75) is 37.9 Å². The van der Waals surface area contributed by atoms with E-state index in [0.717, 1.165) is 31.8 Å². The van der Waals surface area contributed by atoms with Gasteiger partial charge in [-0.25, -0.2) is 9.59 Å². The number of hydrogen-bond acceptors (Lipinski definition) is 4. The standard InChI is InChI=1S/C14H23N3O3S/c1-10-7-15-4-2-3-11(15)8-17(10)14(20)16-5-6-21-9-12(16)13(18)19/h10-12H,2-9H2,1H3,(H,18,19). The summed E-state index contributed by atoms with van der Waals surface area (Å²) in [6.45, 7) is 5.40. The van der Waals surface area contributed by atoms with Crippen LogP contribution in [0, 0.1) is 0 Å². The second kappa shape index (κ2) is 6.04. The molecule has 0 aliphatic carbocycles. The summed E-state index contributed by atoms with van der Waals surface area (Å²) in [5.41, 5.74) is 0. The lowest BCUT2D eigenvalue weighted by Gasteiger charge is -2.45. The molecule has 3 atom stereocenters. The van der Waals surface area contributed by atoms with Gasteiger partial charge >= 0.3 is 12.0 Å². The molecule has 21 heavy (non-hydrogen) atoms. The molecule has 0 bridgehead atoms. The fraction of sp³-hybridized carbons (Fsp3) is 0.857. The number of aliphatic carboxylic acids is 1. The highest BCUT2D eigenvalue weighted by Crippen LogP contribution is 2.27. The number of rotatable bonds is 1. The van der Waals surface area contributed by atoms with Gasteiger partial charge in [-0.15, -0.1) is 0 Å². The Labute approximate surface area is 129 Å². The predicted octanol–water partition coefficient (Wildman–Crippen LogP) is 0.777. The first-order chi connectivity index (χ1) is 10.1. The predicted molar refractivity (Wildman–Crippen MR) is 81.6 cm³/mol.